The highest BCUT2D eigenvalue weighted by Gasteiger charge is 1.78. The zero-order valence-electron chi connectivity index (χ0n) is 7.21. The molecule has 3 heteroatoms. The van der Waals surface area contributed by atoms with Crippen LogP contribution in [-0.2, 0) is 4.84 Å². The second kappa shape index (κ2) is 7.28. The standard InChI is InChI=1S/C8H16N2O/c1-8(2)4-7-11-10-6-3-5-9/h4,6H,3,5,7,9H2,1-2H3/b10-6+. The molecule has 0 amide bonds. The Labute approximate surface area is 67.9 Å². The van der Waals surface area contributed by atoms with E-state index in [0.29, 0.717) is 13.2 Å². The van der Waals surface area contributed by atoms with Crippen molar-refractivity contribution in [3.63, 3.8) is 0 Å². The lowest BCUT2D eigenvalue weighted by atomic mass is 10.3. The van der Waals surface area contributed by atoms with Crippen molar-refractivity contribution in [3.8, 4) is 0 Å². The van der Waals surface area contributed by atoms with Gasteiger partial charge >= 0.3 is 0 Å². The van der Waals surface area contributed by atoms with Gasteiger partial charge in [0.2, 0.25) is 0 Å². The third kappa shape index (κ3) is 9.17. The number of nitrogens with two attached hydrogens (primary N) is 1. The van der Waals surface area contributed by atoms with Gasteiger partial charge < -0.3 is 10.6 Å². The van der Waals surface area contributed by atoms with Crippen LogP contribution in [0.25, 0.3) is 0 Å². The third-order valence-electron chi connectivity index (χ3n) is 1.01. The van der Waals surface area contributed by atoms with Gasteiger partial charge in [-0.2, -0.15) is 0 Å². The zero-order chi connectivity index (χ0) is 8.53. The normalized spacial score (nSPS) is 10.1. The molecule has 0 fully saturated rings. The van der Waals surface area contributed by atoms with Crippen LogP contribution >= 0.6 is 0 Å². The minimum absolute atomic E-state index is 0.545. The molecule has 0 radical (unpaired) electrons. The molecule has 0 unspecified atom stereocenters. The van der Waals surface area contributed by atoms with Gasteiger partial charge in [0.25, 0.3) is 0 Å². The quantitative estimate of drug-likeness (QED) is 0.282. The topological polar surface area (TPSA) is 47.6 Å². The Bertz CT molecular complexity index is 137. The predicted octanol–water partition coefficient (Wildman–Crippen LogP) is 1.30. The zero-order valence-corrected chi connectivity index (χ0v) is 7.21. The van der Waals surface area contributed by atoms with Crippen molar-refractivity contribution < 1.29 is 4.84 Å². The van der Waals surface area contributed by atoms with Crippen molar-refractivity contribution in [2.75, 3.05) is 13.2 Å². The molecule has 0 rings (SSSR count). The summed E-state index contributed by atoms with van der Waals surface area (Å²) in [7, 11) is 0. The van der Waals surface area contributed by atoms with Gasteiger partial charge in [-0.05, 0) is 32.9 Å². The molecule has 0 aromatic rings. The molecule has 0 saturated carbocycles. The first kappa shape index (κ1) is 10.2. The number of nitrogens with zero attached hydrogens (tertiary/aromatic N) is 1. The van der Waals surface area contributed by atoms with Gasteiger partial charge in [0.1, 0.15) is 6.61 Å². The summed E-state index contributed by atoms with van der Waals surface area (Å²) in [5.74, 6) is 0. The minimum atomic E-state index is 0.545. The van der Waals surface area contributed by atoms with Crippen molar-refractivity contribution >= 4 is 6.21 Å². The molecule has 0 bridgehead atoms. The molecule has 0 aromatic carbocycles. The van der Waals surface area contributed by atoms with E-state index in [9.17, 15) is 0 Å². The maximum Gasteiger partial charge on any atom is 0.135 e. The molecule has 0 aliphatic heterocycles. The minimum Gasteiger partial charge on any atom is -0.392 e. The average Bonchev–Trinajstić information content (AvgIpc) is 1.96. The van der Waals surface area contributed by atoms with Crippen molar-refractivity contribution in [2.45, 2.75) is 20.3 Å². The summed E-state index contributed by atoms with van der Waals surface area (Å²) < 4.78 is 0. The van der Waals surface area contributed by atoms with Crippen molar-refractivity contribution in [3.05, 3.63) is 11.6 Å². The second-order valence-electron chi connectivity index (χ2n) is 2.44. The first-order chi connectivity index (χ1) is 5.27. The molecular weight excluding hydrogens is 140 g/mol. The SMILES string of the molecule is CC(C)=CCO/N=C/CCN. The molecule has 0 aliphatic rings. The van der Waals surface area contributed by atoms with Gasteiger partial charge in [0, 0.05) is 6.21 Å². The molecule has 0 atom stereocenters. The maximum absolute atomic E-state index is 5.23. The summed E-state index contributed by atoms with van der Waals surface area (Å²) in [5.41, 5.74) is 6.47. The molecule has 3 nitrogen and oxygen atoms in total. The maximum atomic E-state index is 5.23. The molecule has 0 heterocycles. The van der Waals surface area contributed by atoms with Crippen LogP contribution in [0.4, 0.5) is 0 Å². The van der Waals surface area contributed by atoms with E-state index in [2.05, 4.69) is 5.16 Å². The van der Waals surface area contributed by atoms with Crippen molar-refractivity contribution in [1.82, 2.24) is 0 Å². The van der Waals surface area contributed by atoms with Crippen LogP contribution in [-0.4, -0.2) is 19.4 Å². The van der Waals surface area contributed by atoms with Gasteiger partial charge in [0.05, 0.1) is 0 Å². The second-order valence-corrected chi connectivity index (χ2v) is 2.44. The number of allylic oxidation sites excluding steroid dienone is 1. The summed E-state index contributed by atoms with van der Waals surface area (Å²) in [4.78, 5) is 4.88. The Morgan fingerprint density at radius 1 is 1.55 bits per heavy atom. The number of oxime groups is 1. The molecule has 2 N–H and O–H groups in total. The van der Waals surface area contributed by atoms with Crippen LogP contribution in [0, 0.1) is 0 Å². The van der Waals surface area contributed by atoms with E-state index in [1.165, 1.54) is 5.57 Å². The van der Waals surface area contributed by atoms with E-state index in [4.69, 9.17) is 10.6 Å². The van der Waals surface area contributed by atoms with E-state index in [1.54, 1.807) is 6.21 Å². The van der Waals surface area contributed by atoms with E-state index in [1.807, 2.05) is 19.9 Å². The van der Waals surface area contributed by atoms with Gasteiger partial charge in [0.15, 0.2) is 0 Å². The lowest BCUT2D eigenvalue weighted by Gasteiger charge is -1.92. The molecule has 0 spiro atoms. The van der Waals surface area contributed by atoms with E-state index in [0.717, 1.165) is 6.42 Å². The fraction of sp³-hybridized carbons (Fsp3) is 0.625. The van der Waals surface area contributed by atoms with Crippen LogP contribution in [0.5, 0.6) is 0 Å². The van der Waals surface area contributed by atoms with Crippen LogP contribution < -0.4 is 5.73 Å². The Balaban J connectivity index is 3.20. The fourth-order valence-corrected chi connectivity index (χ4v) is 0.427. The van der Waals surface area contributed by atoms with Gasteiger partial charge in [-0.15, -0.1) is 0 Å². The smallest absolute Gasteiger partial charge is 0.135 e. The highest BCUT2D eigenvalue weighted by atomic mass is 16.6. The summed E-state index contributed by atoms with van der Waals surface area (Å²) in [5, 5.41) is 3.68. The van der Waals surface area contributed by atoms with Gasteiger partial charge in [-0.3, -0.25) is 0 Å². The summed E-state index contributed by atoms with van der Waals surface area (Å²) >= 11 is 0. The summed E-state index contributed by atoms with van der Waals surface area (Å²) in [6, 6.07) is 0. The van der Waals surface area contributed by atoms with Crippen LogP contribution in [0.2, 0.25) is 0 Å². The third-order valence-corrected chi connectivity index (χ3v) is 1.01. The Morgan fingerprint density at radius 3 is 2.82 bits per heavy atom. The van der Waals surface area contributed by atoms with Crippen LogP contribution in [0.15, 0.2) is 16.8 Å². The first-order valence-electron chi connectivity index (χ1n) is 3.74. The molecular formula is C8H16N2O. The highest BCUT2D eigenvalue weighted by molar-refractivity contribution is 5.56. The monoisotopic (exact) mass is 156 g/mol. The fourth-order valence-electron chi connectivity index (χ4n) is 0.427. The highest BCUT2D eigenvalue weighted by Crippen LogP contribution is 1.88. The largest absolute Gasteiger partial charge is 0.392 e. The summed E-state index contributed by atoms with van der Waals surface area (Å²) in [6.07, 6.45) is 4.42. The van der Waals surface area contributed by atoms with E-state index >= 15 is 0 Å². The van der Waals surface area contributed by atoms with Gasteiger partial charge in [-0.1, -0.05) is 10.7 Å². The van der Waals surface area contributed by atoms with Crippen LogP contribution in [0.3, 0.4) is 0 Å². The molecule has 11 heavy (non-hydrogen) atoms. The first-order valence-corrected chi connectivity index (χ1v) is 3.74. The number of rotatable bonds is 5. The average molecular weight is 156 g/mol. The van der Waals surface area contributed by atoms with Gasteiger partial charge in [-0.25, -0.2) is 0 Å². The molecule has 0 saturated heterocycles. The predicted molar refractivity (Wildman–Crippen MR) is 47.5 cm³/mol. The lowest BCUT2D eigenvalue weighted by molar-refractivity contribution is 0.175. The van der Waals surface area contributed by atoms with Crippen molar-refractivity contribution in [1.29, 1.82) is 0 Å². The molecule has 0 aromatic heterocycles. The molecule has 64 valence electrons. The lowest BCUT2D eigenvalue weighted by Crippen LogP contribution is -1.98. The Morgan fingerprint density at radius 2 is 2.27 bits per heavy atom. The molecule has 0 aliphatic carbocycles. The van der Waals surface area contributed by atoms with E-state index in [-0.39, 0.29) is 0 Å². The Hall–Kier alpha value is -0.830. The number of hydrogen-bond donors (Lipinski definition) is 1. The van der Waals surface area contributed by atoms with E-state index < -0.39 is 0 Å². The summed E-state index contributed by atoms with van der Waals surface area (Å²) in [6.45, 7) is 5.21. The Kier molecular flexibility index (Phi) is 6.73. The van der Waals surface area contributed by atoms with Crippen LogP contribution in [0.1, 0.15) is 20.3 Å². The number of hydrogen-bond acceptors (Lipinski definition) is 3. The van der Waals surface area contributed by atoms with Crippen molar-refractivity contribution in [2.24, 2.45) is 10.9 Å².